The van der Waals surface area contributed by atoms with Crippen LogP contribution >= 0.6 is 0 Å². The summed E-state index contributed by atoms with van der Waals surface area (Å²) in [5.74, 6) is -0.364. The maximum Gasteiger partial charge on any atom is 0.257 e. The van der Waals surface area contributed by atoms with E-state index in [9.17, 15) is 9.59 Å². The maximum atomic E-state index is 12.7. The summed E-state index contributed by atoms with van der Waals surface area (Å²) in [7, 11) is 0. The third-order valence-corrected chi connectivity index (χ3v) is 5.78. The molecular formula is C28H30N4O2. The van der Waals surface area contributed by atoms with Crippen molar-refractivity contribution in [1.29, 1.82) is 0 Å². The molecule has 174 valence electrons. The molecule has 4 rings (SSSR count). The minimum atomic E-state index is -0.251. The first-order valence-corrected chi connectivity index (χ1v) is 11.6. The first-order valence-electron chi connectivity index (χ1n) is 11.6. The highest BCUT2D eigenvalue weighted by atomic mass is 16.2. The second kappa shape index (κ2) is 11.9. The van der Waals surface area contributed by atoms with E-state index in [1.165, 1.54) is 5.56 Å². The van der Waals surface area contributed by atoms with Crippen LogP contribution in [0.1, 0.15) is 15.9 Å². The molecule has 34 heavy (non-hydrogen) atoms. The molecule has 0 aliphatic carbocycles. The fourth-order valence-electron chi connectivity index (χ4n) is 3.93. The molecule has 0 radical (unpaired) electrons. The van der Waals surface area contributed by atoms with Crippen LogP contribution in [0, 0.1) is 0 Å². The number of nitrogens with one attached hydrogen (secondary N) is 2. The van der Waals surface area contributed by atoms with Gasteiger partial charge in [0.1, 0.15) is 0 Å². The van der Waals surface area contributed by atoms with Gasteiger partial charge in [0.15, 0.2) is 0 Å². The molecule has 3 aromatic carbocycles. The van der Waals surface area contributed by atoms with Crippen molar-refractivity contribution in [3.05, 3.63) is 102 Å². The Kier molecular flexibility index (Phi) is 8.22. The standard InChI is InChI=1S/C28H30N4O2/c33-27(22-32-20-18-31(19-21-32)17-9-12-23-10-3-1-4-11-23)30-26-16-8-7-15-25(26)28(34)29-24-13-5-2-6-14-24/h1-16H,17-22H2,(H,29,34)(H,30,33). The van der Waals surface area contributed by atoms with Crippen molar-refractivity contribution in [2.75, 3.05) is 49.9 Å². The van der Waals surface area contributed by atoms with Gasteiger partial charge in [0.2, 0.25) is 5.91 Å². The Hall–Kier alpha value is -3.74. The lowest BCUT2D eigenvalue weighted by molar-refractivity contribution is -0.117. The Morgan fingerprint density at radius 3 is 2.09 bits per heavy atom. The number of carbonyl (C=O) groups excluding carboxylic acids is 2. The molecule has 0 aromatic heterocycles. The lowest BCUT2D eigenvalue weighted by Crippen LogP contribution is -2.48. The minimum Gasteiger partial charge on any atom is -0.324 e. The number of rotatable bonds is 8. The van der Waals surface area contributed by atoms with E-state index in [1.807, 2.05) is 54.6 Å². The number of nitrogens with zero attached hydrogens (tertiary/aromatic N) is 2. The summed E-state index contributed by atoms with van der Waals surface area (Å²) in [5, 5.41) is 5.80. The van der Waals surface area contributed by atoms with Crippen LogP contribution in [0.15, 0.2) is 91.0 Å². The van der Waals surface area contributed by atoms with Gasteiger partial charge in [-0.05, 0) is 29.8 Å². The molecule has 6 nitrogen and oxygen atoms in total. The Morgan fingerprint density at radius 1 is 0.735 bits per heavy atom. The van der Waals surface area contributed by atoms with Gasteiger partial charge in [-0.25, -0.2) is 0 Å². The van der Waals surface area contributed by atoms with E-state index in [2.05, 4.69) is 44.7 Å². The molecule has 0 bridgehead atoms. The van der Waals surface area contributed by atoms with Crippen molar-refractivity contribution in [3.8, 4) is 0 Å². The molecule has 6 heteroatoms. The molecule has 0 atom stereocenters. The van der Waals surface area contributed by atoms with E-state index in [-0.39, 0.29) is 11.8 Å². The lowest BCUT2D eigenvalue weighted by Gasteiger charge is -2.33. The number of hydrogen-bond donors (Lipinski definition) is 2. The second-order valence-corrected chi connectivity index (χ2v) is 8.30. The monoisotopic (exact) mass is 454 g/mol. The fraction of sp³-hybridized carbons (Fsp3) is 0.214. The Morgan fingerprint density at radius 2 is 1.35 bits per heavy atom. The molecule has 1 fully saturated rings. The van der Waals surface area contributed by atoms with Gasteiger partial charge in [-0.15, -0.1) is 0 Å². The van der Waals surface area contributed by atoms with Crippen molar-refractivity contribution < 1.29 is 9.59 Å². The molecule has 1 aliphatic rings. The average molecular weight is 455 g/mol. The van der Waals surface area contributed by atoms with Crippen LogP contribution in [-0.4, -0.2) is 60.9 Å². The second-order valence-electron chi connectivity index (χ2n) is 8.30. The van der Waals surface area contributed by atoms with Crippen molar-refractivity contribution >= 4 is 29.3 Å². The third kappa shape index (κ3) is 6.88. The number of benzene rings is 3. The number of piperazine rings is 1. The summed E-state index contributed by atoms with van der Waals surface area (Å²) in [6.45, 7) is 4.72. The van der Waals surface area contributed by atoms with Crippen LogP contribution in [0.2, 0.25) is 0 Å². The van der Waals surface area contributed by atoms with Gasteiger partial charge in [0.25, 0.3) is 5.91 Å². The van der Waals surface area contributed by atoms with Crippen LogP contribution in [0.4, 0.5) is 11.4 Å². The van der Waals surface area contributed by atoms with E-state index in [0.29, 0.717) is 23.5 Å². The van der Waals surface area contributed by atoms with Gasteiger partial charge in [-0.1, -0.05) is 72.8 Å². The maximum absolute atomic E-state index is 12.7. The zero-order chi connectivity index (χ0) is 23.6. The number of anilines is 2. The number of hydrogen-bond acceptors (Lipinski definition) is 4. The molecule has 3 aromatic rings. The van der Waals surface area contributed by atoms with Crippen LogP contribution in [0.5, 0.6) is 0 Å². The summed E-state index contributed by atoms with van der Waals surface area (Å²) in [4.78, 5) is 30.0. The normalized spacial score (nSPS) is 14.7. The van der Waals surface area contributed by atoms with Gasteiger partial charge in [0.05, 0.1) is 17.8 Å². The van der Waals surface area contributed by atoms with E-state index >= 15 is 0 Å². The SMILES string of the molecule is O=C(CN1CCN(CC=Cc2ccccc2)CC1)Nc1ccccc1C(=O)Nc1ccccc1. The Balaban J connectivity index is 1.24. The Bertz CT molecular complexity index is 1110. The van der Waals surface area contributed by atoms with Crippen molar-refractivity contribution in [1.82, 2.24) is 9.80 Å². The summed E-state index contributed by atoms with van der Waals surface area (Å²) in [5.41, 5.74) is 2.88. The molecule has 2 amide bonds. The summed E-state index contributed by atoms with van der Waals surface area (Å²) in [6, 6.07) is 26.7. The number of amides is 2. The highest BCUT2D eigenvalue weighted by Gasteiger charge is 2.19. The van der Waals surface area contributed by atoms with E-state index in [4.69, 9.17) is 0 Å². The zero-order valence-electron chi connectivity index (χ0n) is 19.2. The third-order valence-electron chi connectivity index (χ3n) is 5.78. The van der Waals surface area contributed by atoms with Crippen molar-refractivity contribution in [3.63, 3.8) is 0 Å². The predicted molar refractivity (Wildman–Crippen MR) is 138 cm³/mol. The smallest absolute Gasteiger partial charge is 0.257 e. The van der Waals surface area contributed by atoms with Gasteiger partial charge < -0.3 is 10.6 Å². The number of para-hydroxylation sites is 2. The molecule has 0 spiro atoms. The van der Waals surface area contributed by atoms with Crippen LogP contribution in [-0.2, 0) is 4.79 Å². The minimum absolute atomic E-state index is 0.114. The first-order chi connectivity index (χ1) is 16.7. The summed E-state index contributed by atoms with van der Waals surface area (Å²) in [6.07, 6.45) is 4.33. The van der Waals surface area contributed by atoms with Gasteiger partial charge in [-0.3, -0.25) is 19.4 Å². The van der Waals surface area contributed by atoms with E-state index < -0.39 is 0 Å². The number of carbonyl (C=O) groups is 2. The van der Waals surface area contributed by atoms with Crippen molar-refractivity contribution in [2.45, 2.75) is 0 Å². The van der Waals surface area contributed by atoms with E-state index in [0.717, 1.165) is 32.7 Å². The first kappa shape index (κ1) is 23.4. The molecule has 1 aliphatic heterocycles. The van der Waals surface area contributed by atoms with Gasteiger partial charge in [0, 0.05) is 38.4 Å². The predicted octanol–water partition coefficient (Wildman–Crippen LogP) is 4.21. The highest BCUT2D eigenvalue weighted by Crippen LogP contribution is 2.17. The van der Waals surface area contributed by atoms with Crippen molar-refractivity contribution in [2.24, 2.45) is 0 Å². The molecule has 0 saturated carbocycles. The highest BCUT2D eigenvalue weighted by molar-refractivity contribution is 6.10. The lowest BCUT2D eigenvalue weighted by atomic mass is 10.1. The van der Waals surface area contributed by atoms with Crippen LogP contribution in [0.25, 0.3) is 6.08 Å². The molecule has 1 saturated heterocycles. The summed E-state index contributed by atoms with van der Waals surface area (Å²) >= 11 is 0. The molecule has 0 unspecified atom stereocenters. The average Bonchev–Trinajstić information content (AvgIpc) is 2.87. The van der Waals surface area contributed by atoms with Gasteiger partial charge >= 0.3 is 0 Å². The zero-order valence-corrected chi connectivity index (χ0v) is 19.2. The largest absolute Gasteiger partial charge is 0.324 e. The quantitative estimate of drug-likeness (QED) is 0.535. The fourth-order valence-corrected chi connectivity index (χ4v) is 3.93. The molecule has 2 N–H and O–H groups in total. The molecular weight excluding hydrogens is 424 g/mol. The van der Waals surface area contributed by atoms with Crippen LogP contribution in [0.3, 0.4) is 0 Å². The Labute approximate surface area is 200 Å². The van der Waals surface area contributed by atoms with Crippen LogP contribution < -0.4 is 10.6 Å². The summed E-state index contributed by atoms with van der Waals surface area (Å²) < 4.78 is 0. The van der Waals surface area contributed by atoms with Gasteiger partial charge in [-0.2, -0.15) is 0 Å². The topological polar surface area (TPSA) is 64.7 Å². The molecule has 1 heterocycles. The van der Waals surface area contributed by atoms with E-state index in [1.54, 1.807) is 18.2 Å².